The van der Waals surface area contributed by atoms with Crippen molar-refractivity contribution < 1.29 is 27.4 Å². The number of hydrogen-bond donors (Lipinski definition) is 0. The summed E-state index contributed by atoms with van der Waals surface area (Å²) >= 11 is 1.30. The summed E-state index contributed by atoms with van der Waals surface area (Å²) in [7, 11) is -3.34. The van der Waals surface area contributed by atoms with E-state index in [1.54, 1.807) is 29.2 Å². The van der Waals surface area contributed by atoms with E-state index < -0.39 is 9.84 Å². The highest BCUT2D eigenvalue weighted by molar-refractivity contribution is 7.90. The SMILES string of the molecule is CS(=O)(=O)c1ccc2nc(N(CCN3CCOCC3)C(=O)C=Cc3ccc4c(c3)OCO4)sc2c1.Cl. The van der Waals surface area contributed by atoms with Crippen LogP contribution in [-0.2, 0) is 19.4 Å². The first-order valence-corrected chi connectivity index (χ1v) is 13.9. The molecule has 0 atom stereocenters. The standard InChI is InChI=1S/C24H25N3O6S2.ClH/c1-35(29,30)18-4-5-19-22(15-18)34-24(25-19)27(9-8-26-10-12-31-13-11-26)23(28)7-3-17-2-6-20-21(14-17)33-16-32-20;/h2-7,14-15H,8-13,16H2,1H3;1H. The van der Waals surface area contributed by atoms with E-state index in [1.165, 1.54) is 23.7 Å². The zero-order valence-electron chi connectivity index (χ0n) is 19.6. The molecule has 9 nitrogen and oxygen atoms in total. The van der Waals surface area contributed by atoms with Gasteiger partial charge in [-0.3, -0.25) is 14.6 Å². The summed E-state index contributed by atoms with van der Waals surface area (Å²) in [4.78, 5) is 22.1. The average Bonchev–Trinajstić information content (AvgIpc) is 3.49. The van der Waals surface area contributed by atoms with Crippen LogP contribution in [0.5, 0.6) is 11.5 Å². The van der Waals surface area contributed by atoms with Gasteiger partial charge < -0.3 is 14.2 Å². The predicted molar refractivity (Wildman–Crippen MR) is 141 cm³/mol. The second-order valence-corrected chi connectivity index (χ2v) is 11.3. The monoisotopic (exact) mass is 551 g/mol. The minimum atomic E-state index is -3.34. The number of nitrogens with zero attached hydrogens (tertiary/aromatic N) is 3. The van der Waals surface area contributed by atoms with Gasteiger partial charge in [0.05, 0.1) is 28.3 Å². The van der Waals surface area contributed by atoms with Gasteiger partial charge in [-0.05, 0) is 42.0 Å². The van der Waals surface area contributed by atoms with Crippen LogP contribution in [0.1, 0.15) is 5.56 Å². The van der Waals surface area contributed by atoms with Gasteiger partial charge >= 0.3 is 0 Å². The van der Waals surface area contributed by atoms with Crippen molar-refractivity contribution in [3.63, 3.8) is 0 Å². The molecule has 0 saturated carbocycles. The highest BCUT2D eigenvalue weighted by atomic mass is 35.5. The highest BCUT2D eigenvalue weighted by Gasteiger charge is 2.21. The van der Waals surface area contributed by atoms with Gasteiger partial charge in [-0.1, -0.05) is 17.4 Å². The van der Waals surface area contributed by atoms with Crippen LogP contribution in [0.15, 0.2) is 47.4 Å². The lowest BCUT2D eigenvalue weighted by Crippen LogP contribution is -2.42. The second kappa shape index (κ2) is 11.1. The molecule has 1 aromatic heterocycles. The molecule has 2 aliphatic rings. The Bertz CT molecular complexity index is 1390. The summed E-state index contributed by atoms with van der Waals surface area (Å²) in [5.41, 5.74) is 1.47. The number of morpholine rings is 1. The normalized spacial score (nSPS) is 15.8. The molecule has 0 radical (unpaired) electrons. The third kappa shape index (κ3) is 5.98. The Kier molecular flexibility index (Phi) is 8.16. The van der Waals surface area contributed by atoms with E-state index in [0.29, 0.717) is 53.2 Å². The molecule has 1 saturated heterocycles. The van der Waals surface area contributed by atoms with E-state index in [4.69, 9.17) is 14.2 Å². The van der Waals surface area contributed by atoms with Crippen LogP contribution in [0, 0.1) is 0 Å². The molecule has 192 valence electrons. The number of benzene rings is 2. The van der Waals surface area contributed by atoms with Crippen molar-refractivity contribution in [2.75, 3.05) is 57.3 Å². The van der Waals surface area contributed by atoms with Crippen LogP contribution >= 0.6 is 23.7 Å². The molecular formula is C24H26ClN3O6S2. The second-order valence-electron chi connectivity index (χ2n) is 8.29. The Hall–Kier alpha value is -2.70. The smallest absolute Gasteiger partial charge is 0.252 e. The van der Waals surface area contributed by atoms with Gasteiger partial charge in [-0.2, -0.15) is 0 Å². The first-order chi connectivity index (χ1) is 16.9. The molecule has 5 rings (SSSR count). The Labute approximate surface area is 219 Å². The Morgan fingerprint density at radius 1 is 1.14 bits per heavy atom. The fraction of sp³-hybridized carbons (Fsp3) is 0.333. The first-order valence-electron chi connectivity index (χ1n) is 11.2. The molecule has 2 aliphatic heterocycles. The maximum absolute atomic E-state index is 13.3. The quantitative estimate of drug-likeness (QED) is 0.413. The maximum Gasteiger partial charge on any atom is 0.252 e. The van der Waals surface area contributed by atoms with Crippen molar-refractivity contribution in [2.45, 2.75) is 4.90 Å². The van der Waals surface area contributed by atoms with Gasteiger partial charge in [0.2, 0.25) is 6.79 Å². The number of thiazole rings is 1. The predicted octanol–water partition coefficient (Wildman–Crippen LogP) is 3.23. The third-order valence-corrected chi connectivity index (χ3v) is 7.98. The first kappa shape index (κ1) is 26.4. The molecule has 0 N–H and O–H groups in total. The average molecular weight is 552 g/mol. The lowest BCUT2D eigenvalue weighted by atomic mass is 10.2. The summed E-state index contributed by atoms with van der Waals surface area (Å²) in [5, 5.41) is 0.527. The van der Waals surface area contributed by atoms with Crippen molar-refractivity contribution in [3.8, 4) is 11.5 Å². The van der Waals surface area contributed by atoms with Crippen molar-refractivity contribution >= 4 is 60.9 Å². The number of fused-ring (bicyclic) bond motifs is 2. The Morgan fingerprint density at radius 2 is 1.92 bits per heavy atom. The molecule has 3 heterocycles. The van der Waals surface area contributed by atoms with E-state index in [0.717, 1.165) is 18.7 Å². The number of amides is 1. The molecule has 0 spiro atoms. The Balaban J connectivity index is 0.00000304. The van der Waals surface area contributed by atoms with Crippen LogP contribution in [0.2, 0.25) is 0 Å². The number of anilines is 1. The van der Waals surface area contributed by atoms with Crippen LogP contribution in [0.3, 0.4) is 0 Å². The van der Waals surface area contributed by atoms with Crippen LogP contribution in [-0.4, -0.2) is 76.7 Å². The minimum absolute atomic E-state index is 0. The summed E-state index contributed by atoms with van der Waals surface area (Å²) in [6.07, 6.45) is 4.43. The van der Waals surface area contributed by atoms with Crippen molar-refractivity contribution in [1.82, 2.24) is 9.88 Å². The van der Waals surface area contributed by atoms with Gasteiger partial charge in [0.25, 0.3) is 5.91 Å². The summed E-state index contributed by atoms with van der Waals surface area (Å²) in [5.74, 6) is 1.12. The Morgan fingerprint density at radius 3 is 2.69 bits per heavy atom. The highest BCUT2D eigenvalue weighted by Crippen LogP contribution is 2.33. The van der Waals surface area contributed by atoms with Crippen molar-refractivity contribution in [3.05, 3.63) is 48.0 Å². The number of sulfone groups is 1. The van der Waals surface area contributed by atoms with E-state index in [9.17, 15) is 13.2 Å². The fourth-order valence-electron chi connectivity index (χ4n) is 3.88. The number of halogens is 1. The van der Waals surface area contributed by atoms with E-state index in [1.807, 2.05) is 18.2 Å². The zero-order valence-corrected chi connectivity index (χ0v) is 22.0. The van der Waals surface area contributed by atoms with Crippen LogP contribution in [0.25, 0.3) is 16.3 Å². The largest absolute Gasteiger partial charge is 0.454 e. The van der Waals surface area contributed by atoms with E-state index in [2.05, 4.69) is 9.88 Å². The number of carbonyl (C=O) groups excluding carboxylic acids is 1. The summed E-state index contributed by atoms with van der Waals surface area (Å²) in [6.45, 7) is 4.29. The molecule has 0 unspecified atom stereocenters. The summed E-state index contributed by atoms with van der Waals surface area (Å²) in [6, 6.07) is 10.3. The molecule has 1 amide bonds. The molecular weight excluding hydrogens is 526 g/mol. The molecule has 12 heteroatoms. The van der Waals surface area contributed by atoms with Crippen molar-refractivity contribution in [1.29, 1.82) is 0 Å². The maximum atomic E-state index is 13.3. The summed E-state index contributed by atoms with van der Waals surface area (Å²) < 4.78 is 40.8. The molecule has 0 bridgehead atoms. The molecule has 2 aromatic carbocycles. The van der Waals surface area contributed by atoms with E-state index >= 15 is 0 Å². The zero-order chi connectivity index (χ0) is 24.4. The van der Waals surface area contributed by atoms with Gasteiger partial charge in [-0.25, -0.2) is 13.4 Å². The number of carbonyl (C=O) groups is 1. The topological polar surface area (TPSA) is 98.3 Å². The fourth-order valence-corrected chi connectivity index (χ4v) is 5.64. The molecule has 36 heavy (non-hydrogen) atoms. The van der Waals surface area contributed by atoms with Crippen LogP contribution in [0.4, 0.5) is 5.13 Å². The molecule has 0 aliphatic carbocycles. The van der Waals surface area contributed by atoms with Gasteiger partial charge in [0.15, 0.2) is 26.5 Å². The minimum Gasteiger partial charge on any atom is -0.454 e. The number of hydrogen-bond acceptors (Lipinski definition) is 9. The number of ether oxygens (including phenoxy) is 3. The van der Waals surface area contributed by atoms with Crippen molar-refractivity contribution in [2.24, 2.45) is 0 Å². The molecule has 3 aromatic rings. The lowest BCUT2D eigenvalue weighted by Gasteiger charge is -2.28. The number of aromatic nitrogens is 1. The van der Waals surface area contributed by atoms with Gasteiger partial charge in [-0.15, -0.1) is 12.4 Å². The number of rotatable bonds is 7. The third-order valence-electron chi connectivity index (χ3n) is 5.83. The molecule has 1 fully saturated rings. The lowest BCUT2D eigenvalue weighted by molar-refractivity contribution is -0.114. The van der Waals surface area contributed by atoms with Gasteiger partial charge in [0.1, 0.15) is 0 Å². The van der Waals surface area contributed by atoms with E-state index in [-0.39, 0.29) is 30.0 Å². The van der Waals surface area contributed by atoms with Crippen LogP contribution < -0.4 is 14.4 Å². The van der Waals surface area contributed by atoms with Gasteiger partial charge in [0, 0.05) is 38.5 Å².